The van der Waals surface area contributed by atoms with Crippen molar-refractivity contribution in [3.63, 3.8) is 0 Å². The van der Waals surface area contributed by atoms with Crippen LogP contribution in [0.25, 0.3) is 11.4 Å². The van der Waals surface area contributed by atoms with Gasteiger partial charge in [-0.3, -0.25) is 0 Å². The second kappa shape index (κ2) is 5.79. The van der Waals surface area contributed by atoms with Crippen LogP contribution in [0.4, 0.5) is 5.69 Å². The average molecular weight is 289 g/mol. The molecule has 112 valence electrons. The van der Waals surface area contributed by atoms with Crippen LogP contribution in [0.2, 0.25) is 0 Å². The summed E-state index contributed by atoms with van der Waals surface area (Å²) in [6.45, 7) is 6.40. The van der Waals surface area contributed by atoms with E-state index in [1.807, 2.05) is 26.0 Å². The lowest BCUT2D eigenvalue weighted by atomic mass is 10.0. The number of nitrogen functional groups attached to an aromatic ring is 1. The normalized spacial score (nSPS) is 18.9. The van der Waals surface area contributed by atoms with Crippen molar-refractivity contribution in [2.45, 2.75) is 26.5 Å². The summed E-state index contributed by atoms with van der Waals surface area (Å²) in [6, 6.07) is 3.97. The zero-order valence-corrected chi connectivity index (χ0v) is 12.2. The van der Waals surface area contributed by atoms with E-state index in [1.165, 1.54) is 0 Å². The molecule has 1 aliphatic heterocycles. The molecule has 0 aliphatic carbocycles. The molecule has 0 amide bonds. The van der Waals surface area contributed by atoms with E-state index in [0.29, 0.717) is 32.2 Å². The summed E-state index contributed by atoms with van der Waals surface area (Å²) in [7, 11) is 0. The van der Waals surface area contributed by atoms with Gasteiger partial charge in [0.1, 0.15) is 6.10 Å². The second-order valence-electron chi connectivity index (χ2n) is 5.28. The number of nitrogens with two attached hydrogens (primary N) is 1. The zero-order valence-electron chi connectivity index (χ0n) is 12.2. The molecule has 1 unspecified atom stereocenters. The maximum absolute atomic E-state index is 6.01. The van der Waals surface area contributed by atoms with Gasteiger partial charge in [-0.15, -0.1) is 5.10 Å². The first-order chi connectivity index (χ1) is 10.1. The van der Waals surface area contributed by atoms with Crippen molar-refractivity contribution in [2.75, 3.05) is 25.6 Å². The van der Waals surface area contributed by atoms with E-state index in [-0.39, 0.29) is 6.10 Å². The van der Waals surface area contributed by atoms with E-state index >= 15 is 0 Å². The summed E-state index contributed by atoms with van der Waals surface area (Å²) in [5.74, 6) is 0.702. The van der Waals surface area contributed by atoms with Gasteiger partial charge >= 0.3 is 0 Å². The fourth-order valence-corrected chi connectivity index (χ4v) is 2.47. The topological polar surface area (TPSA) is 88.1 Å². The highest BCUT2D eigenvalue weighted by atomic mass is 16.6. The van der Waals surface area contributed by atoms with Crippen LogP contribution in [-0.2, 0) is 16.0 Å². The Bertz CT molecular complexity index is 634. The van der Waals surface area contributed by atoms with Gasteiger partial charge in [-0.1, -0.05) is 6.07 Å². The summed E-state index contributed by atoms with van der Waals surface area (Å²) in [4.78, 5) is 0. The Hall–Kier alpha value is -1.99. The van der Waals surface area contributed by atoms with Crippen LogP contribution in [0.3, 0.4) is 0 Å². The Kier molecular flexibility index (Phi) is 3.85. The molecule has 2 aromatic rings. The highest BCUT2D eigenvalue weighted by Gasteiger charge is 2.19. The number of nitrogens with zero attached hydrogens (tertiary/aromatic N) is 4. The predicted molar refractivity (Wildman–Crippen MR) is 77.7 cm³/mol. The molecule has 1 saturated heterocycles. The van der Waals surface area contributed by atoms with Gasteiger partial charge in [0.2, 0.25) is 0 Å². The van der Waals surface area contributed by atoms with E-state index < -0.39 is 0 Å². The Labute approximate surface area is 123 Å². The highest BCUT2D eigenvalue weighted by molar-refractivity contribution is 5.67. The number of hydrogen-bond donors (Lipinski definition) is 1. The van der Waals surface area contributed by atoms with E-state index in [1.54, 1.807) is 4.68 Å². The fraction of sp³-hybridized carbons (Fsp3) is 0.500. The van der Waals surface area contributed by atoms with E-state index in [9.17, 15) is 0 Å². The summed E-state index contributed by atoms with van der Waals surface area (Å²) in [5, 5.41) is 12.0. The van der Waals surface area contributed by atoms with Crippen molar-refractivity contribution in [3.8, 4) is 11.4 Å². The summed E-state index contributed by atoms with van der Waals surface area (Å²) >= 11 is 0. The molecule has 1 atom stereocenters. The molecule has 0 bridgehead atoms. The maximum Gasteiger partial charge on any atom is 0.182 e. The largest absolute Gasteiger partial charge is 0.398 e. The number of hydrogen-bond acceptors (Lipinski definition) is 6. The van der Waals surface area contributed by atoms with Crippen LogP contribution < -0.4 is 5.73 Å². The van der Waals surface area contributed by atoms with Gasteiger partial charge in [0, 0.05) is 11.3 Å². The summed E-state index contributed by atoms with van der Waals surface area (Å²) in [5.41, 5.74) is 9.84. The molecule has 1 fully saturated rings. The zero-order chi connectivity index (χ0) is 14.8. The Morgan fingerprint density at radius 2 is 2.14 bits per heavy atom. The van der Waals surface area contributed by atoms with Crippen LogP contribution in [0.5, 0.6) is 0 Å². The molecular formula is C14H19N5O2. The molecule has 21 heavy (non-hydrogen) atoms. The minimum atomic E-state index is -0.0240. The number of rotatable bonds is 3. The van der Waals surface area contributed by atoms with Crippen molar-refractivity contribution >= 4 is 5.69 Å². The van der Waals surface area contributed by atoms with Crippen LogP contribution in [0.1, 0.15) is 11.1 Å². The first kappa shape index (κ1) is 14.0. The van der Waals surface area contributed by atoms with Gasteiger partial charge in [0.25, 0.3) is 0 Å². The van der Waals surface area contributed by atoms with E-state index in [4.69, 9.17) is 15.2 Å². The third-order valence-corrected chi connectivity index (χ3v) is 3.65. The van der Waals surface area contributed by atoms with Crippen molar-refractivity contribution in [2.24, 2.45) is 0 Å². The molecule has 7 nitrogen and oxygen atoms in total. The maximum atomic E-state index is 6.01. The monoisotopic (exact) mass is 289 g/mol. The highest BCUT2D eigenvalue weighted by Crippen LogP contribution is 2.26. The lowest BCUT2D eigenvalue weighted by molar-refractivity contribution is -0.0946. The van der Waals surface area contributed by atoms with Gasteiger partial charge < -0.3 is 15.2 Å². The van der Waals surface area contributed by atoms with Gasteiger partial charge in [0.05, 0.1) is 26.4 Å². The van der Waals surface area contributed by atoms with Crippen LogP contribution in [0.15, 0.2) is 12.1 Å². The van der Waals surface area contributed by atoms with Gasteiger partial charge in [-0.05, 0) is 41.5 Å². The molecule has 1 aliphatic rings. The smallest absolute Gasteiger partial charge is 0.182 e. The molecule has 1 aromatic heterocycles. The summed E-state index contributed by atoms with van der Waals surface area (Å²) in [6.07, 6.45) is -0.0240. The standard InChI is InChI=1S/C14H19N5O2/c1-9-5-10(2)13(15)6-12(9)14-16-17-18-19(14)7-11-8-20-3-4-21-11/h5-6,11H,3-4,7-8,15H2,1-2H3. The quantitative estimate of drug-likeness (QED) is 0.847. The minimum Gasteiger partial charge on any atom is -0.398 e. The molecule has 0 spiro atoms. The number of ether oxygens (including phenoxy) is 2. The fourth-order valence-electron chi connectivity index (χ4n) is 2.47. The second-order valence-corrected chi connectivity index (χ2v) is 5.28. The van der Waals surface area contributed by atoms with E-state index in [2.05, 4.69) is 15.5 Å². The minimum absolute atomic E-state index is 0.0240. The van der Waals surface area contributed by atoms with Gasteiger partial charge in [-0.25, -0.2) is 4.68 Å². The Balaban J connectivity index is 1.89. The number of tetrazole rings is 1. The van der Waals surface area contributed by atoms with Gasteiger partial charge in [0.15, 0.2) is 5.82 Å². The van der Waals surface area contributed by atoms with E-state index in [0.717, 1.165) is 22.4 Å². The summed E-state index contributed by atoms with van der Waals surface area (Å²) < 4.78 is 12.8. The predicted octanol–water partition coefficient (Wildman–Crippen LogP) is 0.955. The van der Waals surface area contributed by atoms with Crippen molar-refractivity contribution in [3.05, 3.63) is 23.3 Å². The average Bonchev–Trinajstić information content (AvgIpc) is 2.92. The van der Waals surface area contributed by atoms with Crippen molar-refractivity contribution in [1.29, 1.82) is 0 Å². The Morgan fingerprint density at radius 3 is 2.90 bits per heavy atom. The molecule has 3 rings (SSSR count). The first-order valence-corrected chi connectivity index (χ1v) is 6.98. The van der Waals surface area contributed by atoms with Crippen LogP contribution in [0, 0.1) is 13.8 Å². The van der Waals surface area contributed by atoms with Crippen molar-refractivity contribution < 1.29 is 9.47 Å². The molecule has 2 heterocycles. The SMILES string of the molecule is Cc1cc(C)c(-c2nnnn2CC2COCCO2)cc1N. The van der Waals surface area contributed by atoms with Crippen LogP contribution in [-0.4, -0.2) is 46.1 Å². The van der Waals surface area contributed by atoms with Crippen LogP contribution >= 0.6 is 0 Å². The molecule has 1 aromatic carbocycles. The molecule has 2 N–H and O–H groups in total. The number of aryl methyl sites for hydroxylation is 2. The number of benzene rings is 1. The number of aromatic nitrogens is 4. The third-order valence-electron chi connectivity index (χ3n) is 3.65. The third kappa shape index (κ3) is 2.88. The molecule has 0 radical (unpaired) electrons. The lowest BCUT2D eigenvalue weighted by Crippen LogP contribution is -2.32. The Morgan fingerprint density at radius 1 is 1.29 bits per heavy atom. The molecular weight excluding hydrogens is 270 g/mol. The van der Waals surface area contributed by atoms with Gasteiger partial charge in [-0.2, -0.15) is 0 Å². The molecule has 0 saturated carbocycles. The number of anilines is 1. The van der Waals surface area contributed by atoms with Crippen molar-refractivity contribution in [1.82, 2.24) is 20.2 Å². The lowest BCUT2D eigenvalue weighted by Gasteiger charge is -2.23. The molecule has 7 heteroatoms. The first-order valence-electron chi connectivity index (χ1n) is 6.98.